The van der Waals surface area contributed by atoms with Crippen LogP contribution in [0.2, 0.25) is 0 Å². The normalized spacial score (nSPS) is 32.4. The van der Waals surface area contributed by atoms with E-state index < -0.39 is 0 Å². The first-order valence-corrected chi connectivity index (χ1v) is 8.77. The lowest BCUT2D eigenvalue weighted by molar-refractivity contribution is -0.150. The average Bonchev–Trinajstić information content (AvgIpc) is 3.00. The Morgan fingerprint density at radius 1 is 1.41 bits per heavy atom. The first kappa shape index (κ1) is 17.7. The van der Waals surface area contributed by atoms with Crippen LogP contribution in [0.25, 0.3) is 0 Å². The van der Waals surface area contributed by atoms with Gasteiger partial charge in [0.05, 0.1) is 12.6 Å². The summed E-state index contributed by atoms with van der Waals surface area (Å²) in [5.41, 5.74) is 1.20. The van der Waals surface area contributed by atoms with Crippen molar-refractivity contribution in [3.05, 3.63) is 22.4 Å². The summed E-state index contributed by atoms with van der Waals surface area (Å²) in [6, 6.07) is 2.54. The highest BCUT2D eigenvalue weighted by Gasteiger charge is 2.34. The van der Waals surface area contributed by atoms with Crippen LogP contribution in [0.15, 0.2) is 16.8 Å². The van der Waals surface area contributed by atoms with Gasteiger partial charge in [-0.05, 0) is 55.6 Å². The zero-order valence-corrected chi connectivity index (χ0v) is 14.8. The van der Waals surface area contributed by atoms with E-state index in [4.69, 9.17) is 4.74 Å². The van der Waals surface area contributed by atoms with Crippen LogP contribution in [-0.4, -0.2) is 42.6 Å². The van der Waals surface area contributed by atoms with Gasteiger partial charge in [0.2, 0.25) is 5.91 Å². The second kappa shape index (κ2) is 7.77. The lowest BCUT2D eigenvalue weighted by atomic mass is 9.91. The maximum Gasteiger partial charge on any atom is 0.225 e. The molecule has 2 fully saturated rings. The van der Waals surface area contributed by atoms with Crippen LogP contribution < -0.4 is 5.32 Å². The molecule has 2 aliphatic rings. The average molecular weight is 345 g/mol. The number of morpholine rings is 1. The van der Waals surface area contributed by atoms with Gasteiger partial charge in [0, 0.05) is 18.5 Å². The molecule has 2 aliphatic heterocycles. The van der Waals surface area contributed by atoms with Crippen LogP contribution in [-0.2, 0) is 9.53 Å². The van der Waals surface area contributed by atoms with E-state index in [1.54, 1.807) is 11.3 Å². The van der Waals surface area contributed by atoms with Crippen molar-refractivity contribution in [3.63, 3.8) is 0 Å². The smallest absolute Gasteiger partial charge is 0.225 e. The Kier molecular flexibility index (Phi) is 6.26. The number of carbonyl (C=O) groups is 1. The van der Waals surface area contributed by atoms with E-state index in [1.807, 2.05) is 4.90 Å². The number of carbonyl (C=O) groups excluding carboxylic acids is 1. The number of halogens is 1. The predicted molar refractivity (Wildman–Crippen MR) is 91.6 cm³/mol. The predicted octanol–water partition coefficient (Wildman–Crippen LogP) is 2.85. The fourth-order valence-electron chi connectivity index (χ4n) is 3.39. The standard InChI is InChI=1S/C16H24N2O2S.ClH/c1-11-7-13(3-5-17-11)16(19)18-8-12(2)20-15(9-18)14-4-6-21-10-14;/h4,6,10-13,15,17H,3,5,7-9H2,1-2H3;1H/t11-,12?,13-,15?;/m0./s1. The molecule has 4 nitrogen and oxygen atoms in total. The molecular formula is C16H25ClN2O2S. The Morgan fingerprint density at radius 3 is 2.91 bits per heavy atom. The molecule has 1 amide bonds. The monoisotopic (exact) mass is 344 g/mol. The van der Waals surface area contributed by atoms with Gasteiger partial charge in [-0.2, -0.15) is 11.3 Å². The first-order valence-electron chi connectivity index (χ1n) is 7.83. The van der Waals surface area contributed by atoms with Crippen molar-refractivity contribution in [2.75, 3.05) is 19.6 Å². The molecule has 0 aromatic carbocycles. The summed E-state index contributed by atoms with van der Waals surface area (Å²) < 4.78 is 6.02. The van der Waals surface area contributed by atoms with Crippen molar-refractivity contribution in [1.82, 2.24) is 10.2 Å². The molecule has 0 bridgehead atoms. The number of hydrogen-bond donors (Lipinski definition) is 1. The van der Waals surface area contributed by atoms with Gasteiger partial charge >= 0.3 is 0 Å². The number of piperidine rings is 1. The van der Waals surface area contributed by atoms with E-state index in [0.29, 0.717) is 18.5 Å². The van der Waals surface area contributed by atoms with Crippen molar-refractivity contribution in [1.29, 1.82) is 0 Å². The molecule has 2 unspecified atom stereocenters. The summed E-state index contributed by atoms with van der Waals surface area (Å²) >= 11 is 1.68. The molecule has 1 aromatic rings. The van der Waals surface area contributed by atoms with E-state index >= 15 is 0 Å². The van der Waals surface area contributed by atoms with Gasteiger partial charge in [0.15, 0.2) is 0 Å². The van der Waals surface area contributed by atoms with Crippen LogP contribution in [0.1, 0.15) is 38.4 Å². The largest absolute Gasteiger partial charge is 0.367 e. The number of hydrogen-bond acceptors (Lipinski definition) is 4. The molecule has 6 heteroatoms. The van der Waals surface area contributed by atoms with E-state index in [2.05, 4.69) is 36.0 Å². The van der Waals surface area contributed by atoms with Gasteiger partial charge in [0.25, 0.3) is 0 Å². The van der Waals surface area contributed by atoms with Gasteiger partial charge in [-0.1, -0.05) is 0 Å². The van der Waals surface area contributed by atoms with Gasteiger partial charge in [-0.15, -0.1) is 12.4 Å². The summed E-state index contributed by atoms with van der Waals surface area (Å²) in [5.74, 6) is 0.494. The molecule has 3 heterocycles. The van der Waals surface area contributed by atoms with Crippen LogP contribution in [0.5, 0.6) is 0 Å². The summed E-state index contributed by atoms with van der Waals surface area (Å²) in [6.45, 7) is 6.58. The maximum atomic E-state index is 12.8. The van der Waals surface area contributed by atoms with Crippen molar-refractivity contribution < 1.29 is 9.53 Å². The molecule has 4 atom stereocenters. The van der Waals surface area contributed by atoms with E-state index in [0.717, 1.165) is 25.9 Å². The van der Waals surface area contributed by atoms with Crippen molar-refractivity contribution in [2.24, 2.45) is 5.92 Å². The van der Waals surface area contributed by atoms with Crippen molar-refractivity contribution >= 4 is 29.7 Å². The molecule has 22 heavy (non-hydrogen) atoms. The van der Waals surface area contributed by atoms with Crippen LogP contribution in [0.3, 0.4) is 0 Å². The first-order chi connectivity index (χ1) is 10.1. The quantitative estimate of drug-likeness (QED) is 0.897. The molecule has 124 valence electrons. The SMILES string of the molecule is CC1CN(C(=O)[C@H]2CCN[C@@H](C)C2)CC(c2ccsc2)O1.Cl. The summed E-state index contributed by atoms with van der Waals surface area (Å²) in [4.78, 5) is 14.8. The Hall–Kier alpha value is -0.620. The third-order valence-electron chi connectivity index (χ3n) is 4.46. The molecule has 1 aromatic heterocycles. The zero-order chi connectivity index (χ0) is 14.8. The number of rotatable bonds is 2. The second-order valence-electron chi connectivity index (χ2n) is 6.31. The minimum absolute atomic E-state index is 0. The highest BCUT2D eigenvalue weighted by atomic mass is 35.5. The Morgan fingerprint density at radius 2 is 2.23 bits per heavy atom. The van der Waals surface area contributed by atoms with E-state index in [9.17, 15) is 4.79 Å². The lowest BCUT2D eigenvalue weighted by Gasteiger charge is -2.39. The third kappa shape index (κ3) is 4.02. The van der Waals surface area contributed by atoms with Crippen LogP contribution in [0, 0.1) is 5.92 Å². The number of thiophene rings is 1. The van der Waals surface area contributed by atoms with Gasteiger partial charge in [0.1, 0.15) is 6.10 Å². The Labute approximate surface area is 142 Å². The maximum absolute atomic E-state index is 12.8. The lowest BCUT2D eigenvalue weighted by Crippen LogP contribution is -2.50. The number of nitrogens with zero attached hydrogens (tertiary/aromatic N) is 1. The van der Waals surface area contributed by atoms with E-state index in [1.165, 1.54) is 5.56 Å². The van der Waals surface area contributed by atoms with Crippen molar-refractivity contribution in [2.45, 2.75) is 44.9 Å². The molecule has 1 N–H and O–H groups in total. The molecular weight excluding hydrogens is 320 g/mol. The Bertz CT molecular complexity index is 483. The molecule has 0 aliphatic carbocycles. The fraction of sp³-hybridized carbons (Fsp3) is 0.688. The fourth-order valence-corrected chi connectivity index (χ4v) is 4.09. The third-order valence-corrected chi connectivity index (χ3v) is 5.16. The number of nitrogens with one attached hydrogen (secondary N) is 1. The minimum Gasteiger partial charge on any atom is -0.367 e. The molecule has 0 radical (unpaired) electrons. The highest BCUT2D eigenvalue weighted by Crippen LogP contribution is 2.29. The molecule has 0 spiro atoms. The number of amides is 1. The van der Waals surface area contributed by atoms with Crippen molar-refractivity contribution in [3.8, 4) is 0 Å². The van der Waals surface area contributed by atoms with Gasteiger partial charge in [-0.3, -0.25) is 4.79 Å². The Balaban J connectivity index is 0.00000176. The molecule has 0 saturated carbocycles. The van der Waals surface area contributed by atoms with Gasteiger partial charge in [-0.25, -0.2) is 0 Å². The summed E-state index contributed by atoms with van der Waals surface area (Å²) in [6.07, 6.45) is 2.04. The van der Waals surface area contributed by atoms with Crippen LogP contribution in [0.4, 0.5) is 0 Å². The van der Waals surface area contributed by atoms with Gasteiger partial charge < -0.3 is 15.0 Å². The molecule has 3 rings (SSSR count). The number of ether oxygens (including phenoxy) is 1. The summed E-state index contributed by atoms with van der Waals surface area (Å²) in [5, 5.41) is 7.61. The topological polar surface area (TPSA) is 41.6 Å². The molecule has 2 saturated heterocycles. The highest BCUT2D eigenvalue weighted by molar-refractivity contribution is 7.07. The summed E-state index contributed by atoms with van der Waals surface area (Å²) in [7, 11) is 0. The second-order valence-corrected chi connectivity index (χ2v) is 7.09. The minimum atomic E-state index is 0. The zero-order valence-electron chi connectivity index (χ0n) is 13.2. The van der Waals surface area contributed by atoms with Crippen LogP contribution >= 0.6 is 23.7 Å². The van der Waals surface area contributed by atoms with E-state index in [-0.39, 0.29) is 30.5 Å².